The van der Waals surface area contributed by atoms with Crippen molar-refractivity contribution in [3.05, 3.63) is 24.3 Å². The molecule has 1 aromatic rings. The third-order valence-electron chi connectivity index (χ3n) is 1.53. The van der Waals surface area contributed by atoms with Crippen LogP contribution in [0, 0.1) is 6.92 Å². The molecule has 9 heavy (non-hydrogen) atoms. The molecule has 0 spiro atoms. The lowest BCUT2D eigenvalue weighted by molar-refractivity contribution is -0.678. The van der Waals surface area contributed by atoms with Gasteiger partial charge in [0.15, 0.2) is 5.69 Å². The second-order valence-electron chi connectivity index (χ2n) is 2.06. The van der Waals surface area contributed by atoms with Crippen molar-refractivity contribution in [3.8, 4) is 0 Å². The van der Waals surface area contributed by atoms with Gasteiger partial charge in [-0.15, -0.1) is 0 Å². The van der Waals surface area contributed by atoms with Gasteiger partial charge in [0.25, 0.3) is 5.82 Å². The van der Waals surface area contributed by atoms with Crippen LogP contribution < -0.4 is 4.57 Å². The lowest BCUT2D eigenvalue weighted by Crippen LogP contribution is -2.31. The van der Waals surface area contributed by atoms with Crippen LogP contribution in [0.15, 0.2) is 12.8 Å². The molecule has 2 nitrogen and oxygen atoms in total. The third-order valence-corrected chi connectivity index (χ3v) is 1.53. The highest BCUT2D eigenvalue weighted by atomic mass is 15.0. The molecule has 48 valence electrons. The molecule has 0 bridgehead atoms. The summed E-state index contributed by atoms with van der Waals surface area (Å²) in [6, 6.07) is 0. The maximum Gasteiger partial charge on any atom is 0.251 e. The number of imidazole rings is 1. The molecule has 0 amide bonds. The van der Waals surface area contributed by atoms with Crippen LogP contribution in [0.3, 0.4) is 0 Å². The molecular weight excluding hydrogens is 112 g/mol. The zero-order valence-corrected chi connectivity index (χ0v) is 5.81. The molecule has 0 aliphatic rings. The summed E-state index contributed by atoms with van der Waals surface area (Å²) in [5.74, 6) is 1.14. The van der Waals surface area contributed by atoms with Crippen molar-refractivity contribution in [2.24, 2.45) is 7.05 Å². The van der Waals surface area contributed by atoms with Crippen LogP contribution >= 0.6 is 0 Å². The Bertz CT molecular complexity index is 223. The standard InChI is InChI=1S/C7H10N2/c1-4-7-5-8-6(2)9(7)3/h4-5H,1H2,2-3H3/p+1. The number of nitrogens with one attached hydrogen (secondary N) is 1. The van der Waals surface area contributed by atoms with E-state index in [1.54, 1.807) is 0 Å². The summed E-state index contributed by atoms with van der Waals surface area (Å²) in [6.07, 6.45) is 3.76. The van der Waals surface area contributed by atoms with Crippen molar-refractivity contribution in [2.45, 2.75) is 6.92 Å². The second-order valence-corrected chi connectivity index (χ2v) is 2.06. The number of rotatable bonds is 1. The number of hydrogen-bond acceptors (Lipinski definition) is 0. The van der Waals surface area contributed by atoms with Gasteiger partial charge in [-0.05, 0) is 6.08 Å². The molecule has 0 aliphatic heterocycles. The Kier molecular flexibility index (Phi) is 1.39. The predicted octanol–water partition coefficient (Wildman–Crippen LogP) is 0.791. The maximum absolute atomic E-state index is 3.66. The zero-order valence-electron chi connectivity index (χ0n) is 5.81. The summed E-state index contributed by atoms with van der Waals surface area (Å²) in [7, 11) is 2.00. The Hall–Kier alpha value is -1.05. The first kappa shape index (κ1) is 6.08. The van der Waals surface area contributed by atoms with E-state index in [2.05, 4.69) is 11.6 Å². The van der Waals surface area contributed by atoms with Gasteiger partial charge in [0, 0.05) is 6.92 Å². The summed E-state index contributed by atoms with van der Waals surface area (Å²) >= 11 is 0. The van der Waals surface area contributed by atoms with Crippen molar-refractivity contribution >= 4 is 6.08 Å². The van der Waals surface area contributed by atoms with E-state index in [-0.39, 0.29) is 0 Å². The van der Waals surface area contributed by atoms with Gasteiger partial charge < -0.3 is 0 Å². The van der Waals surface area contributed by atoms with Crippen LogP contribution in [0.2, 0.25) is 0 Å². The van der Waals surface area contributed by atoms with E-state index in [4.69, 9.17) is 0 Å². The van der Waals surface area contributed by atoms with Crippen molar-refractivity contribution < 1.29 is 4.57 Å². The Morgan fingerprint density at radius 1 is 1.78 bits per heavy atom. The normalized spacial score (nSPS) is 9.56. The Labute approximate surface area is 54.8 Å². The fourth-order valence-electron chi connectivity index (χ4n) is 0.762. The van der Waals surface area contributed by atoms with Crippen molar-refractivity contribution in [1.82, 2.24) is 4.98 Å². The van der Waals surface area contributed by atoms with E-state index in [1.165, 1.54) is 0 Å². The minimum atomic E-state index is 1.12. The molecule has 0 radical (unpaired) electrons. The lowest BCUT2D eigenvalue weighted by Gasteiger charge is -1.85. The first-order chi connectivity index (χ1) is 4.25. The summed E-state index contributed by atoms with van der Waals surface area (Å²) in [6.45, 7) is 5.69. The lowest BCUT2D eigenvalue weighted by atomic mass is 10.5. The van der Waals surface area contributed by atoms with Crippen molar-refractivity contribution in [1.29, 1.82) is 0 Å². The monoisotopic (exact) mass is 123 g/mol. The number of hydrogen-bond donors (Lipinski definition) is 1. The summed E-state index contributed by atoms with van der Waals surface area (Å²) in [5.41, 5.74) is 1.12. The Balaban J connectivity index is 3.18. The van der Waals surface area contributed by atoms with Gasteiger partial charge in [-0.25, -0.2) is 9.55 Å². The smallest absolute Gasteiger partial charge is 0.247 e. The van der Waals surface area contributed by atoms with Crippen LogP contribution in [-0.2, 0) is 7.05 Å². The van der Waals surface area contributed by atoms with Gasteiger partial charge in [0.05, 0.1) is 7.05 Å². The molecule has 0 saturated carbocycles. The molecule has 0 fully saturated rings. The molecule has 1 rings (SSSR count). The second kappa shape index (κ2) is 2.05. The van der Waals surface area contributed by atoms with Gasteiger partial charge in [0.1, 0.15) is 6.20 Å². The van der Waals surface area contributed by atoms with E-state index in [0.29, 0.717) is 0 Å². The molecule has 0 aromatic carbocycles. The number of nitrogens with zero attached hydrogens (tertiary/aromatic N) is 1. The molecule has 0 saturated heterocycles. The van der Waals surface area contributed by atoms with E-state index in [1.807, 2.05) is 30.8 Å². The highest BCUT2D eigenvalue weighted by molar-refractivity contribution is 5.35. The molecule has 2 heteroatoms. The average molecular weight is 123 g/mol. The van der Waals surface area contributed by atoms with E-state index < -0.39 is 0 Å². The van der Waals surface area contributed by atoms with Gasteiger partial charge in [0.2, 0.25) is 0 Å². The van der Waals surface area contributed by atoms with Crippen LogP contribution in [0.5, 0.6) is 0 Å². The first-order valence-corrected chi connectivity index (χ1v) is 2.92. The number of H-pyrrole nitrogens is 1. The molecule has 1 N–H and O–H groups in total. The highest BCUT2D eigenvalue weighted by Crippen LogP contribution is 1.91. The topological polar surface area (TPSA) is 19.7 Å². The quantitative estimate of drug-likeness (QED) is 0.533. The van der Waals surface area contributed by atoms with Crippen LogP contribution in [-0.4, -0.2) is 4.98 Å². The summed E-state index contributed by atoms with van der Waals surface area (Å²) in [4.78, 5) is 3.08. The fourth-order valence-corrected chi connectivity index (χ4v) is 0.762. The molecule has 0 unspecified atom stereocenters. The van der Waals surface area contributed by atoms with Crippen molar-refractivity contribution in [2.75, 3.05) is 0 Å². The Morgan fingerprint density at radius 2 is 2.44 bits per heavy atom. The average Bonchev–Trinajstić information content (AvgIpc) is 2.15. The van der Waals surface area contributed by atoms with Gasteiger partial charge in [-0.3, -0.25) is 0 Å². The molecule has 1 aromatic heterocycles. The largest absolute Gasteiger partial charge is 0.251 e. The highest BCUT2D eigenvalue weighted by Gasteiger charge is 2.03. The van der Waals surface area contributed by atoms with Crippen LogP contribution in [0.1, 0.15) is 11.5 Å². The summed E-state index contributed by atoms with van der Waals surface area (Å²) in [5, 5.41) is 0. The van der Waals surface area contributed by atoms with Crippen LogP contribution in [0.25, 0.3) is 6.08 Å². The van der Waals surface area contributed by atoms with E-state index in [0.717, 1.165) is 11.5 Å². The minimum absolute atomic E-state index is 1.12. The van der Waals surface area contributed by atoms with E-state index >= 15 is 0 Å². The third kappa shape index (κ3) is 0.875. The number of aromatic amines is 1. The summed E-state index contributed by atoms with van der Waals surface area (Å²) < 4.78 is 2.05. The SMILES string of the molecule is C=Cc1c[nH]c(C)[n+]1C. The minimum Gasteiger partial charge on any atom is -0.247 e. The van der Waals surface area contributed by atoms with Gasteiger partial charge in [-0.1, -0.05) is 6.58 Å². The zero-order chi connectivity index (χ0) is 6.85. The predicted molar refractivity (Wildman–Crippen MR) is 36.8 cm³/mol. The number of aryl methyl sites for hydroxylation is 1. The maximum atomic E-state index is 3.66. The fraction of sp³-hybridized carbons (Fsp3) is 0.286. The number of aromatic nitrogens is 2. The molecule has 1 heterocycles. The van der Waals surface area contributed by atoms with Gasteiger partial charge in [-0.2, -0.15) is 0 Å². The van der Waals surface area contributed by atoms with Crippen molar-refractivity contribution in [3.63, 3.8) is 0 Å². The van der Waals surface area contributed by atoms with Gasteiger partial charge >= 0.3 is 0 Å². The van der Waals surface area contributed by atoms with Crippen LogP contribution in [0.4, 0.5) is 0 Å². The Morgan fingerprint density at radius 3 is 2.67 bits per heavy atom. The first-order valence-electron chi connectivity index (χ1n) is 2.92. The molecular formula is C7H11N2+. The molecule has 0 aliphatic carbocycles. The van der Waals surface area contributed by atoms with E-state index in [9.17, 15) is 0 Å². The molecule has 0 atom stereocenters.